The summed E-state index contributed by atoms with van der Waals surface area (Å²) in [4.78, 5) is 13.2. The predicted octanol–water partition coefficient (Wildman–Crippen LogP) is 4.10. The fraction of sp³-hybridized carbons (Fsp3) is 0.188. The lowest BCUT2D eigenvalue weighted by atomic mass is 10.1. The summed E-state index contributed by atoms with van der Waals surface area (Å²) in [6, 6.07) is 13.6. The van der Waals surface area contributed by atoms with Gasteiger partial charge in [-0.3, -0.25) is 4.79 Å². The molecule has 0 atom stereocenters. The van der Waals surface area contributed by atoms with Gasteiger partial charge >= 0.3 is 0 Å². The number of carbonyl (C=O) groups excluding carboxylic acids is 1. The highest BCUT2D eigenvalue weighted by Gasteiger charge is 2.09. The topological polar surface area (TPSA) is 20.3 Å². The van der Waals surface area contributed by atoms with E-state index in [9.17, 15) is 4.79 Å². The molecular weight excluding hydrogens is 258 g/mol. The molecule has 19 heavy (non-hydrogen) atoms. The molecule has 0 radical (unpaired) electrons. The minimum absolute atomic E-state index is 0.579. The zero-order chi connectivity index (χ0) is 13.8. The molecule has 2 rings (SSSR count). The SMILES string of the molecule is Cc1ccccc1CN(C)c1ccc(Cl)cc1C=O. The van der Waals surface area contributed by atoms with E-state index in [2.05, 4.69) is 24.0 Å². The molecule has 0 saturated heterocycles. The molecular formula is C16H16ClNO. The van der Waals surface area contributed by atoms with Crippen molar-refractivity contribution in [3.8, 4) is 0 Å². The number of nitrogens with zero attached hydrogens (tertiary/aromatic N) is 1. The quantitative estimate of drug-likeness (QED) is 0.782. The number of aldehydes is 1. The Morgan fingerprint density at radius 3 is 2.63 bits per heavy atom. The third kappa shape index (κ3) is 3.15. The zero-order valence-corrected chi connectivity index (χ0v) is 11.8. The second-order valence-corrected chi connectivity index (χ2v) is 5.04. The third-order valence-corrected chi connectivity index (χ3v) is 3.43. The third-order valence-electron chi connectivity index (χ3n) is 3.20. The number of hydrogen-bond acceptors (Lipinski definition) is 2. The van der Waals surface area contributed by atoms with Crippen molar-refractivity contribution in [1.82, 2.24) is 0 Å². The van der Waals surface area contributed by atoms with Crippen LogP contribution in [0.2, 0.25) is 5.02 Å². The first-order valence-electron chi connectivity index (χ1n) is 6.12. The number of hydrogen-bond donors (Lipinski definition) is 0. The van der Waals surface area contributed by atoms with Gasteiger partial charge in [-0.05, 0) is 36.2 Å². The zero-order valence-electron chi connectivity index (χ0n) is 11.1. The van der Waals surface area contributed by atoms with Crippen LogP contribution < -0.4 is 4.90 Å². The van der Waals surface area contributed by atoms with Gasteiger partial charge in [0.25, 0.3) is 0 Å². The molecule has 0 aromatic heterocycles. The molecule has 2 nitrogen and oxygen atoms in total. The molecule has 0 bridgehead atoms. The van der Waals surface area contributed by atoms with Gasteiger partial charge in [0.05, 0.1) is 0 Å². The van der Waals surface area contributed by atoms with E-state index in [1.807, 2.05) is 25.2 Å². The Balaban J connectivity index is 2.28. The molecule has 3 heteroatoms. The second-order valence-electron chi connectivity index (χ2n) is 4.60. The number of benzene rings is 2. The summed E-state index contributed by atoms with van der Waals surface area (Å²) in [5.41, 5.74) is 4.00. The van der Waals surface area contributed by atoms with Crippen molar-refractivity contribution < 1.29 is 4.79 Å². The van der Waals surface area contributed by atoms with Crippen LogP contribution in [0.4, 0.5) is 5.69 Å². The van der Waals surface area contributed by atoms with Gasteiger partial charge < -0.3 is 4.90 Å². The molecule has 0 fully saturated rings. The summed E-state index contributed by atoms with van der Waals surface area (Å²) in [6.45, 7) is 2.85. The van der Waals surface area contributed by atoms with Crippen LogP contribution in [-0.2, 0) is 6.54 Å². The lowest BCUT2D eigenvalue weighted by molar-refractivity contribution is 0.112. The van der Waals surface area contributed by atoms with Gasteiger partial charge in [0, 0.05) is 29.9 Å². The first kappa shape index (κ1) is 13.6. The van der Waals surface area contributed by atoms with Gasteiger partial charge in [-0.1, -0.05) is 35.9 Å². The van der Waals surface area contributed by atoms with Crippen LogP contribution in [0.15, 0.2) is 42.5 Å². The summed E-state index contributed by atoms with van der Waals surface area (Å²) in [5, 5.41) is 0.579. The molecule has 0 aliphatic rings. The summed E-state index contributed by atoms with van der Waals surface area (Å²) >= 11 is 5.91. The average molecular weight is 274 g/mol. The van der Waals surface area contributed by atoms with Crippen LogP contribution in [0.5, 0.6) is 0 Å². The van der Waals surface area contributed by atoms with E-state index < -0.39 is 0 Å². The fourth-order valence-electron chi connectivity index (χ4n) is 2.10. The molecule has 0 heterocycles. The van der Waals surface area contributed by atoms with Crippen LogP contribution in [0.1, 0.15) is 21.5 Å². The van der Waals surface area contributed by atoms with E-state index in [1.54, 1.807) is 12.1 Å². The molecule has 98 valence electrons. The normalized spacial score (nSPS) is 10.3. The Morgan fingerprint density at radius 2 is 1.95 bits per heavy atom. The maximum atomic E-state index is 11.1. The van der Waals surface area contributed by atoms with E-state index in [0.29, 0.717) is 10.6 Å². The van der Waals surface area contributed by atoms with Gasteiger partial charge in [0.1, 0.15) is 0 Å². The van der Waals surface area contributed by atoms with Crippen molar-refractivity contribution >= 4 is 23.6 Å². The number of carbonyl (C=O) groups is 1. The Morgan fingerprint density at radius 1 is 1.21 bits per heavy atom. The van der Waals surface area contributed by atoms with E-state index in [-0.39, 0.29) is 0 Å². The maximum Gasteiger partial charge on any atom is 0.152 e. The van der Waals surface area contributed by atoms with E-state index in [0.717, 1.165) is 18.5 Å². The van der Waals surface area contributed by atoms with Crippen molar-refractivity contribution in [2.75, 3.05) is 11.9 Å². The van der Waals surface area contributed by atoms with Gasteiger partial charge in [-0.15, -0.1) is 0 Å². The van der Waals surface area contributed by atoms with E-state index in [1.165, 1.54) is 11.1 Å². The average Bonchev–Trinajstić information content (AvgIpc) is 2.41. The smallest absolute Gasteiger partial charge is 0.152 e. The highest BCUT2D eigenvalue weighted by molar-refractivity contribution is 6.31. The fourth-order valence-corrected chi connectivity index (χ4v) is 2.28. The number of rotatable bonds is 4. The molecule has 0 saturated carbocycles. The van der Waals surface area contributed by atoms with Crippen LogP contribution in [0, 0.1) is 6.92 Å². The molecule has 0 amide bonds. The highest BCUT2D eigenvalue weighted by Crippen LogP contribution is 2.24. The standard InChI is InChI=1S/C16H16ClNO/c1-12-5-3-4-6-13(12)10-18(2)16-8-7-15(17)9-14(16)11-19/h3-9,11H,10H2,1-2H3. The summed E-state index contributed by atoms with van der Waals surface area (Å²) in [6.07, 6.45) is 0.843. The van der Waals surface area contributed by atoms with E-state index >= 15 is 0 Å². The van der Waals surface area contributed by atoms with Crippen molar-refractivity contribution in [1.29, 1.82) is 0 Å². The molecule has 0 aliphatic heterocycles. The predicted molar refractivity (Wildman–Crippen MR) is 80.1 cm³/mol. The van der Waals surface area contributed by atoms with Gasteiger partial charge in [0.2, 0.25) is 0 Å². The summed E-state index contributed by atoms with van der Waals surface area (Å²) in [7, 11) is 1.97. The Hall–Kier alpha value is -1.80. The van der Waals surface area contributed by atoms with Crippen molar-refractivity contribution in [2.45, 2.75) is 13.5 Å². The molecule has 0 spiro atoms. The minimum atomic E-state index is 0.579. The molecule has 0 aliphatic carbocycles. The number of aryl methyl sites for hydroxylation is 1. The lowest BCUT2D eigenvalue weighted by Crippen LogP contribution is -2.18. The van der Waals surface area contributed by atoms with Crippen molar-refractivity contribution in [3.05, 3.63) is 64.2 Å². The Bertz CT molecular complexity index is 595. The minimum Gasteiger partial charge on any atom is -0.370 e. The maximum absolute atomic E-state index is 11.1. The first-order chi connectivity index (χ1) is 9.11. The molecule has 2 aromatic carbocycles. The van der Waals surface area contributed by atoms with Crippen LogP contribution in [-0.4, -0.2) is 13.3 Å². The second kappa shape index (κ2) is 5.89. The Labute approximate surface area is 118 Å². The Kier molecular flexibility index (Phi) is 4.23. The van der Waals surface area contributed by atoms with Crippen LogP contribution in [0.3, 0.4) is 0 Å². The number of anilines is 1. The number of halogens is 1. The van der Waals surface area contributed by atoms with Crippen molar-refractivity contribution in [2.24, 2.45) is 0 Å². The van der Waals surface area contributed by atoms with Gasteiger partial charge in [0.15, 0.2) is 6.29 Å². The van der Waals surface area contributed by atoms with E-state index in [4.69, 9.17) is 11.6 Å². The van der Waals surface area contributed by atoms with Crippen LogP contribution in [0.25, 0.3) is 0 Å². The molecule has 0 unspecified atom stereocenters. The molecule has 0 N–H and O–H groups in total. The van der Waals surface area contributed by atoms with Gasteiger partial charge in [-0.25, -0.2) is 0 Å². The summed E-state index contributed by atoms with van der Waals surface area (Å²) in [5.74, 6) is 0. The summed E-state index contributed by atoms with van der Waals surface area (Å²) < 4.78 is 0. The largest absolute Gasteiger partial charge is 0.370 e. The first-order valence-corrected chi connectivity index (χ1v) is 6.50. The highest BCUT2D eigenvalue weighted by atomic mass is 35.5. The van der Waals surface area contributed by atoms with Crippen LogP contribution >= 0.6 is 11.6 Å². The van der Waals surface area contributed by atoms with Gasteiger partial charge in [-0.2, -0.15) is 0 Å². The lowest BCUT2D eigenvalue weighted by Gasteiger charge is -2.22. The molecule has 2 aromatic rings. The van der Waals surface area contributed by atoms with Crippen molar-refractivity contribution in [3.63, 3.8) is 0 Å². The monoisotopic (exact) mass is 273 g/mol.